The first-order chi connectivity index (χ1) is 9.58. The first-order valence-corrected chi connectivity index (χ1v) is 7.16. The molecule has 1 aliphatic rings. The van der Waals surface area contributed by atoms with Crippen molar-refractivity contribution in [1.29, 1.82) is 0 Å². The smallest absolute Gasteiger partial charge is 0.330 e. The lowest BCUT2D eigenvalue weighted by molar-refractivity contribution is -0.143. The van der Waals surface area contributed by atoms with Gasteiger partial charge in [0.25, 0.3) is 0 Å². The molecule has 108 valence electrons. The molecule has 1 unspecified atom stereocenters. The molecule has 1 aromatic carbocycles. The Balaban J connectivity index is 2.02. The third-order valence-corrected chi connectivity index (χ3v) is 4.05. The molecule has 1 fully saturated rings. The van der Waals surface area contributed by atoms with Crippen LogP contribution in [0.15, 0.2) is 30.3 Å². The van der Waals surface area contributed by atoms with E-state index < -0.39 is 12.0 Å². The van der Waals surface area contributed by atoms with E-state index in [0.29, 0.717) is 11.5 Å². The fourth-order valence-electron chi connectivity index (χ4n) is 2.72. The van der Waals surface area contributed by atoms with Crippen LogP contribution >= 0.6 is 0 Å². The second-order valence-electron chi connectivity index (χ2n) is 5.65. The van der Waals surface area contributed by atoms with Gasteiger partial charge in [-0.15, -0.1) is 0 Å². The molecule has 0 bridgehead atoms. The average molecular weight is 275 g/mol. The van der Waals surface area contributed by atoms with Crippen molar-refractivity contribution in [3.8, 4) is 0 Å². The van der Waals surface area contributed by atoms with Crippen LogP contribution in [0.2, 0.25) is 0 Å². The molecule has 1 amide bonds. The highest BCUT2D eigenvalue weighted by Crippen LogP contribution is 2.29. The Bertz CT molecular complexity index is 464. The maximum Gasteiger partial charge on any atom is 0.330 e. The molecule has 0 aliphatic heterocycles. The van der Waals surface area contributed by atoms with Crippen molar-refractivity contribution in [2.45, 2.75) is 38.6 Å². The molecule has 0 radical (unpaired) electrons. The highest BCUT2D eigenvalue weighted by molar-refractivity contribution is 5.85. The quantitative estimate of drug-likeness (QED) is 0.888. The van der Waals surface area contributed by atoms with Crippen LogP contribution in [-0.2, 0) is 9.59 Å². The van der Waals surface area contributed by atoms with Crippen LogP contribution in [0.1, 0.15) is 44.2 Å². The summed E-state index contributed by atoms with van der Waals surface area (Å²) in [5, 5.41) is 12.0. The molecule has 20 heavy (non-hydrogen) atoms. The lowest BCUT2D eigenvalue weighted by Crippen LogP contribution is -2.38. The van der Waals surface area contributed by atoms with Crippen molar-refractivity contribution >= 4 is 11.9 Å². The number of nitrogens with one attached hydrogen (secondary N) is 1. The number of amides is 1. The predicted octanol–water partition coefficient (Wildman–Crippen LogP) is 2.75. The molecule has 4 nitrogen and oxygen atoms in total. The monoisotopic (exact) mass is 275 g/mol. The third kappa shape index (κ3) is 3.59. The Morgan fingerprint density at radius 3 is 2.30 bits per heavy atom. The van der Waals surface area contributed by atoms with Gasteiger partial charge in [-0.2, -0.15) is 0 Å². The van der Waals surface area contributed by atoms with Crippen LogP contribution in [0.25, 0.3) is 0 Å². The molecule has 0 saturated heterocycles. The average Bonchev–Trinajstić information content (AvgIpc) is 2.46. The predicted molar refractivity (Wildman–Crippen MR) is 76.1 cm³/mol. The fraction of sp³-hybridized carbons (Fsp3) is 0.500. The summed E-state index contributed by atoms with van der Waals surface area (Å²) in [4.78, 5) is 23.6. The van der Waals surface area contributed by atoms with Gasteiger partial charge in [-0.3, -0.25) is 4.79 Å². The zero-order valence-electron chi connectivity index (χ0n) is 11.7. The number of carboxylic acid groups (broad SMARTS) is 1. The van der Waals surface area contributed by atoms with E-state index in [4.69, 9.17) is 0 Å². The zero-order chi connectivity index (χ0) is 14.5. The van der Waals surface area contributed by atoms with Gasteiger partial charge in [0.2, 0.25) is 5.91 Å². The van der Waals surface area contributed by atoms with E-state index in [2.05, 4.69) is 12.2 Å². The first kappa shape index (κ1) is 14.6. The van der Waals surface area contributed by atoms with Crippen LogP contribution < -0.4 is 5.32 Å². The van der Waals surface area contributed by atoms with Gasteiger partial charge in [0.15, 0.2) is 6.04 Å². The summed E-state index contributed by atoms with van der Waals surface area (Å²) in [5.41, 5.74) is 0.609. The van der Waals surface area contributed by atoms with E-state index in [1.54, 1.807) is 24.3 Å². The molecule has 1 aliphatic carbocycles. The molecular weight excluding hydrogens is 254 g/mol. The number of carboxylic acids is 1. The van der Waals surface area contributed by atoms with Crippen LogP contribution in [0.5, 0.6) is 0 Å². The summed E-state index contributed by atoms with van der Waals surface area (Å²) in [6, 6.07) is 7.87. The van der Waals surface area contributed by atoms with E-state index in [-0.39, 0.29) is 11.8 Å². The Hall–Kier alpha value is -1.84. The Labute approximate surface area is 119 Å². The van der Waals surface area contributed by atoms with Gasteiger partial charge in [0.05, 0.1) is 0 Å². The highest BCUT2D eigenvalue weighted by Gasteiger charge is 2.28. The molecule has 4 heteroatoms. The number of hydrogen-bond acceptors (Lipinski definition) is 2. The van der Waals surface area contributed by atoms with Gasteiger partial charge in [-0.1, -0.05) is 37.3 Å². The number of hydrogen-bond donors (Lipinski definition) is 2. The molecule has 1 aromatic rings. The molecule has 2 rings (SSSR count). The van der Waals surface area contributed by atoms with Crippen molar-refractivity contribution in [2.24, 2.45) is 11.8 Å². The van der Waals surface area contributed by atoms with Crippen LogP contribution in [-0.4, -0.2) is 17.0 Å². The SMILES string of the molecule is CC1CCC(C(=O)NC(C(=O)O)c2ccccc2)CC1. The van der Waals surface area contributed by atoms with Gasteiger partial charge >= 0.3 is 5.97 Å². The summed E-state index contributed by atoms with van der Waals surface area (Å²) >= 11 is 0. The van der Waals surface area contributed by atoms with E-state index in [9.17, 15) is 14.7 Å². The molecule has 1 atom stereocenters. The third-order valence-electron chi connectivity index (χ3n) is 4.05. The van der Waals surface area contributed by atoms with E-state index >= 15 is 0 Å². The standard InChI is InChI=1S/C16H21NO3/c1-11-7-9-13(10-8-11)15(18)17-14(16(19)20)12-5-3-2-4-6-12/h2-6,11,13-14H,7-10H2,1H3,(H,17,18)(H,19,20). The summed E-state index contributed by atoms with van der Waals surface area (Å²) in [5.74, 6) is -0.526. The first-order valence-electron chi connectivity index (χ1n) is 7.16. The van der Waals surface area contributed by atoms with Crippen molar-refractivity contribution < 1.29 is 14.7 Å². The Morgan fingerprint density at radius 1 is 1.15 bits per heavy atom. The van der Waals surface area contributed by atoms with Gasteiger partial charge in [0, 0.05) is 5.92 Å². The fourth-order valence-corrected chi connectivity index (χ4v) is 2.72. The maximum atomic E-state index is 12.2. The van der Waals surface area contributed by atoms with E-state index in [1.165, 1.54) is 0 Å². The highest BCUT2D eigenvalue weighted by atomic mass is 16.4. The largest absolute Gasteiger partial charge is 0.479 e. The second kappa shape index (κ2) is 6.55. The minimum absolute atomic E-state index is 0.0447. The lowest BCUT2D eigenvalue weighted by Gasteiger charge is -2.26. The van der Waals surface area contributed by atoms with Crippen LogP contribution in [0.4, 0.5) is 0 Å². The lowest BCUT2D eigenvalue weighted by atomic mass is 9.82. The molecule has 0 heterocycles. The maximum absolute atomic E-state index is 12.2. The van der Waals surface area contributed by atoms with Gasteiger partial charge < -0.3 is 10.4 Å². The van der Waals surface area contributed by atoms with Crippen molar-refractivity contribution in [2.75, 3.05) is 0 Å². The van der Waals surface area contributed by atoms with Crippen LogP contribution in [0.3, 0.4) is 0 Å². The van der Waals surface area contributed by atoms with Crippen molar-refractivity contribution in [3.05, 3.63) is 35.9 Å². The number of carbonyl (C=O) groups excluding carboxylic acids is 1. The zero-order valence-corrected chi connectivity index (χ0v) is 11.7. The topological polar surface area (TPSA) is 66.4 Å². The molecule has 2 N–H and O–H groups in total. The minimum atomic E-state index is -1.02. The summed E-state index contributed by atoms with van der Waals surface area (Å²) < 4.78 is 0. The van der Waals surface area contributed by atoms with E-state index in [0.717, 1.165) is 25.7 Å². The number of rotatable bonds is 4. The summed E-state index contributed by atoms with van der Waals surface area (Å²) in [6.45, 7) is 2.19. The normalized spacial score (nSPS) is 23.9. The summed E-state index contributed by atoms with van der Waals surface area (Å²) in [6.07, 6.45) is 3.80. The number of aliphatic carboxylic acids is 1. The van der Waals surface area contributed by atoms with Gasteiger partial charge in [-0.05, 0) is 37.2 Å². The van der Waals surface area contributed by atoms with E-state index in [1.807, 2.05) is 6.07 Å². The molecule has 0 spiro atoms. The van der Waals surface area contributed by atoms with Crippen molar-refractivity contribution in [3.63, 3.8) is 0 Å². The number of benzene rings is 1. The van der Waals surface area contributed by atoms with Crippen molar-refractivity contribution in [1.82, 2.24) is 5.32 Å². The molecule has 1 saturated carbocycles. The van der Waals surface area contributed by atoms with Gasteiger partial charge in [0.1, 0.15) is 0 Å². The Kier molecular flexibility index (Phi) is 4.77. The molecular formula is C16H21NO3. The minimum Gasteiger partial charge on any atom is -0.479 e. The second-order valence-corrected chi connectivity index (χ2v) is 5.65. The number of carbonyl (C=O) groups is 2. The van der Waals surface area contributed by atoms with Crippen LogP contribution in [0, 0.1) is 11.8 Å². The summed E-state index contributed by atoms with van der Waals surface area (Å²) in [7, 11) is 0. The molecule has 0 aromatic heterocycles. The Morgan fingerprint density at radius 2 is 1.75 bits per heavy atom. The van der Waals surface area contributed by atoms with Gasteiger partial charge in [-0.25, -0.2) is 4.79 Å².